The molecule has 0 bridgehead atoms. The van der Waals surface area contributed by atoms with Gasteiger partial charge in [0.05, 0.1) is 6.54 Å². The van der Waals surface area contributed by atoms with Crippen LogP contribution in [0.3, 0.4) is 0 Å². The summed E-state index contributed by atoms with van der Waals surface area (Å²) in [5.41, 5.74) is 1.84. The lowest BCUT2D eigenvalue weighted by Gasteiger charge is -2.19. The SMILES string of the molecule is CC(C)(C)c1ccc(C(=O)NCC(=O)NC2CCCCCC2)cc1. The van der Waals surface area contributed by atoms with Crippen molar-refractivity contribution >= 4 is 11.8 Å². The maximum absolute atomic E-state index is 12.2. The molecule has 1 aromatic carbocycles. The predicted octanol–water partition coefficient (Wildman–Crippen LogP) is 3.55. The van der Waals surface area contributed by atoms with E-state index in [4.69, 9.17) is 0 Å². The molecule has 0 aromatic heterocycles. The van der Waals surface area contributed by atoms with E-state index in [2.05, 4.69) is 31.4 Å². The third-order valence-electron chi connectivity index (χ3n) is 4.64. The molecule has 0 saturated heterocycles. The zero-order chi connectivity index (χ0) is 17.6. The molecule has 2 N–H and O–H groups in total. The average molecular weight is 330 g/mol. The molecule has 2 rings (SSSR count). The van der Waals surface area contributed by atoms with E-state index in [1.807, 2.05) is 24.3 Å². The molecule has 0 atom stereocenters. The van der Waals surface area contributed by atoms with Gasteiger partial charge in [0, 0.05) is 11.6 Å². The molecule has 1 aliphatic rings. The van der Waals surface area contributed by atoms with Gasteiger partial charge in [0.1, 0.15) is 0 Å². The Kier molecular flexibility index (Phi) is 6.41. The molecule has 1 aliphatic carbocycles. The largest absolute Gasteiger partial charge is 0.352 e. The number of carbonyl (C=O) groups excluding carboxylic acids is 2. The Hall–Kier alpha value is -1.84. The standard InChI is InChI=1S/C20H30N2O2/c1-20(2,3)16-12-10-15(11-13-16)19(24)21-14-18(23)22-17-8-6-4-5-7-9-17/h10-13,17H,4-9,14H2,1-3H3,(H,21,24)(H,22,23). The Balaban J connectivity index is 1.80. The van der Waals surface area contributed by atoms with E-state index in [1.54, 1.807) is 0 Å². The Labute approximate surface area is 145 Å². The molecule has 2 amide bonds. The number of carbonyl (C=O) groups is 2. The molecule has 1 fully saturated rings. The topological polar surface area (TPSA) is 58.2 Å². The molecule has 0 unspecified atom stereocenters. The number of rotatable bonds is 4. The molecule has 1 aromatic rings. The molecule has 0 aliphatic heterocycles. The third-order valence-corrected chi connectivity index (χ3v) is 4.64. The Morgan fingerprint density at radius 1 is 1.00 bits per heavy atom. The van der Waals surface area contributed by atoms with E-state index in [0.29, 0.717) is 5.56 Å². The molecular weight excluding hydrogens is 300 g/mol. The van der Waals surface area contributed by atoms with Gasteiger partial charge >= 0.3 is 0 Å². The lowest BCUT2D eigenvalue weighted by atomic mass is 9.87. The Morgan fingerprint density at radius 3 is 2.12 bits per heavy atom. The van der Waals surface area contributed by atoms with Crippen molar-refractivity contribution in [3.63, 3.8) is 0 Å². The van der Waals surface area contributed by atoms with Gasteiger partial charge in [-0.1, -0.05) is 58.6 Å². The van der Waals surface area contributed by atoms with Gasteiger partial charge in [-0.05, 0) is 36.0 Å². The van der Waals surface area contributed by atoms with Crippen molar-refractivity contribution < 1.29 is 9.59 Å². The molecule has 0 heterocycles. The minimum atomic E-state index is -0.202. The second-order valence-electron chi connectivity index (χ2n) is 7.77. The lowest BCUT2D eigenvalue weighted by Crippen LogP contribution is -2.41. The van der Waals surface area contributed by atoms with Crippen LogP contribution in [0.2, 0.25) is 0 Å². The Morgan fingerprint density at radius 2 is 1.58 bits per heavy atom. The monoisotopic (exact) mass is 330 g/mol. The van der Waals surface area contributed by atoms with Crippen molar-refractivity contribution in [3.05, 3.63) is 35.4 Å². The summed E-state index contributed by atoms with van der Waals surface area (Å²) in [4.78, 5) is 24.2. The van der Waals surface area contributed by atoms with E-state index < -0.39 is 0 Å². The van der Waals surface area contributed by atoms with Gasteiger partial charge in [-0.15, -0.1) is 0 Å². The molecule has 0 radical (unpaired) electrons. The van der Waals surface area contributed by atoms with E-state index in [9.17, 15) is 9.59 Å². The number of amides is 2. The third kappa shape index (κ3) is 5.66. The minimum Gasteiger partial charge on any atom is -0.352 e. The second-order valence-corrected chi connectivity index (χ2v) is 7.77. The summed E-state index contributed by atoms with van der Waals surface area (Å²) >= 11 is 0. The summed E-state index contributed by atoms with van der Waals surface area (Å²) < 4.78 is 0. The van der Waals surface area contributed by atoms with E-state index in [-0.39, 0.29) is 29.8 Å². The van der Waals surface area contributed by atoms with Crippen LogP contribution in [0.25, 0.3) is 0 Å². The Bertz CT molecular complexity index is 550. The maximum atomic E-state index is 12.2. The molecule has 1 saturated carbocycles. The van der Waals surface area contributed by atoms with Crippen LogP contribution in [0, 0.1) is 0 Å². The van der Waals surface area contributed by atoms with Gasteiger partial charge in [-0.25, -0.2) is 0 Å². The molecule has 4 nitrogen and oxygen atoms in total. The summed E-state index contributed by atoms with van der Waals surface area (Å²) in [6.45, 7) is 6.45. The molecule has 0 spiro atoms. The number of benzene rings is 1. The zero-order valence-corrected chi connectivity index (χ0v) is 15.2. The van der Waals surface area contributed by atoms with Crippen molar-refractivity contribution in [3.8, 4) is 0 Å². The van der Waals surface area contributed by atoms with E-state index in [0.717, 1.165) is 12.8 Å². The van der Waals surface area contributed by atoms with E-state index in [1.165, 1.54) is 31.2 Å². The van der Waals surface area contributed by atoms with Crippen molar-refractivity contribution in [2.24, 2.45) is 0 Å². The number of nitrogens with one attached hydrogen (secondary N) is 2. The molecular formula is C20H30N2O2. The van der Waals surface area contributed by atoms with Gasteiger partial charge in [0.2, 0.25) is 5.91 Å². The first-order chi connectivity index (χ1) is 11.4. The van der Waals surface area contributed by atoms with Crippen molar-refractivity contribution in [2.75, 3.05) is 6.54 Å². The summed E-state index contributed by atoms with van der Waals surface area (Å²) in [5, 5.41) is 5.75. The normalized spacial score (nSPS) is 16.3. The number of hydrogen-bond acceptors (Lipinski definition) is 2. The summed E-state index contributed by atoms with van der Waals surface area (Å²) in [7, 11) is 0. The van der Waals surface area contributed by atoms with Crippen LogP contribution in [-0.4, -0.2) is 24.4 Å². The summed E-state index contributed by atoms with van der Waals surface area (Å²) in [6.07, 6.45) is 6.97. The van der Waals surface area contributed by atoms with Gasteiger partial charge in [-0.3, -0.25) is 9.59 Å². The predicted molar refractivity (Wildman–Crippen MR) is 97.1 cm³/mol. The molecule has 132 valence electrons. The highest BCUT2D eigenvalue weighted by Crippen LogP contribution is 2.22. The van der Waals surface area contributed by atoms with Crippen LogP contribution in [0.5, 0.6) is 0 Å². The van der Waals surface area contributed by atoms with Crippen LogP contribution in [0.15, 0.2) is 24.3 Å². The number of hydrogen-bond donors (Lipinski definition) is 2. The van der Waals surface area contributed by atoms with Crippen LogP contribution >= 0.6 is 0 Å². The van der Waals surface area contributed by atoms with Crippen molar-refractivity contribution in [1.29, 1.82) is 0 Å². The van der Waals surface area contributed by atoms with Gasteiger partial charge in [0.25, 0.3) is 5.91 Å². The summed E-state index contributed by atoms with van der Waals surface area (Å²) in [5.74, 6) is -0.298. The first-order valence-electron chi connectivity index (χ1n) is 9.04. The van der Waals surface area contributed by atoms with Crippen LogP contribution in [0.4, 0.5) is 0 Å². The molecule has 24 heavy (non-hydrogen) atoms. The highest BCUT2D eigenvalue weighted by atomic mass is 16.2. The quantitative estimate of drug-likeness (QED) is 0.830. The minimum absolute atomic E-state index is 0.0381. The van der Waals surface area contributed by atoms with E-state index >= 15 is 0 Å². The lowest BCUT2D eigenvalue weighted by molar-refractivity contribution is -0.120. The highest BCUT2D eigenvalue weighted by Gasteiger charge is 2.16. The first-order valence-corrected chi connectivity index (χ1v) is 9.04. The van der Waals surface area contributed by atoms with Crippen molar-refractivity contribution in [1.82, 2.24) is 10.6 Å². The van der Waals surface area contributed by atoms with Crippen molar-refractivity contribution in [2.45, 2.75) is 70.8 Å². The van der Waals surface area contributed by atoms with Crippen LogP contribution in [-0.2, 0) is 10.2 Å². The van der Waals surface area contributed by atoms with Gasteiger partial charge in [0.15, 0.2) is 0 Å². The second kappa shape index (κ2) is 8.32. The van der Waals surface area contributed by atoms with Gasteiger partial charge < -0.3 is 10.6 Å². The fourth-order valence-corrected chi connectivity index (χ4v) is 3.09. The highest BCUT2D eigenvalue weighted by molar-refractivity contribution is 5.96. The average Bonchev–Trinajstić information content (AvgIpc) is 2.80. The summed E-state index contributed by atoms with van der Waals surface area (Å²) in [6, 6.07) is 7.85. The fourth-order valence-electron chi connectivity index (χ4n) is 3.09. The van der Waals surface area contributed by atoms with Crippen LogP contribution in [0.1, 0.15) is 75.2 Å². The van der Waals surface area contributed by atoms with Gasteiger partial charge in [-0.2, -0.15) is 0 Å². The fraction of sp³-hybridized carbons (Fsp3) is 0.600. The maximum Gasteiger partial charge on any atom is 0.251 e. The first kappa shape index (κ1) is 18.5. The smallest absolute Gasteiger partial charge is 0.251 e. The zero-order valence-electron chi connectivity index (χ0n) is 15.2. The molecule has 4 heteroatoms. The van der Waals surface area contributed by atoms with Crippen LogP contribution < -0.4 is 10.6 Å².